The average Bonchev–Trinajstić information content (AvgIpc) is 3.25. The summed E-state index contributed by atoms with van der Waals surface area (Å²) in [5, 5.41) is 14.9. The van der Waals surface area contributed by atoms with Crippen LogP contribution in [0.1, 0.15) is 26.2 Å². The molecule has 1 saturated carbocycles. The van der Waals surface area contributed by atoms with Crippen LogP contribution < -0.4 is 10.6 Å². The van der Waals surface area contributed by atoms with Crippen molar-refractivity contribution in [2.24, 2.45) is 5.92 Å². The lowest BCUT2D eigenvalue weighted by Crippen LogP contribution is -2.49. The van der Waals surface area contributed by atoms with E-state index in [0.29, 0.717) is 6.54 Å². The fourth-order valence-corrected chi connectivity index (χ4v) is 2.22. The van der Waals surface area contributed by atoms with Gasteiger partial charge in [-0.1, -0.05) is 12.2 Å². The normalized spacial score (nSPS) is 29.0. The molecule has 3 atom stereocenters. The predicted molar refractivity (Wildman–Crippen MR) is 72.8 cm³/mol. The highest BCUT2D eigenvalue weighted by Crippen LogP contribution is 2.29. The van der Waals surface area contributed by atoms with E-state index in [2.05, 4.69) is 10.6 Å². The molecule has 0 radical (unpaired) electrons. The van der Waals surface area contributed by atoms with E-state index in [1.54, 1.807) is 6.08 Å². The Balaban J connectivity index is 1.88. The van der Waals surface area contributed by atoms with Crippen LogP contribution in [-0.2, 0) is 14.3 Å². The van der Waals surface area contributed by atoms with Crippen LogP contribution in [0.4, 0.5) is 0 Å². The standard InChI is InChI=1S/C14H22N2O4/c1-2-15-13(18)7-10-5-6-11(12(8-17)20-10)16-14(19)9-3-4-9/h5-6,9-12,17H,2-4,7-8H2,1H3,(H,15,18)(H,16,19)/t10-,11-,12+/m1/s1. The maximum Gasteiger partial charge on any atom is 0.223 e. The van der Waals surface area contributed by atoms with Crippen LogP contribution in [0, 0.1) is 5.92 Å². The maximum atomic E-state index is 11.7. The van der Waals surface area contributed by atoms with Gasteiger partial charge in [0.1, 0.15) is 6.10 Å². The maximum absolute atomic E-state index is 11.7. The molecule has 1 aliphatic heterocycles. The molecule has 112 valence electrons. The lowest BCUT2D eigenvalue weighted by molar-refractivity contribution is -0.128. The number of aliphatic hydroxyl groups excluding tert-OH is 1. The van der Waals surface area contributed by atoms with E-state index in [4.69, 9.17) is 4.74 Å². The minimum absolute atomic E-state index is 0.0175. The molecule has 0 unspecified atom stereocenters. The minimum atomic E-state index is -0.498. The van der Waals surface area contributed by atoms with Gasteiger partial charge in [0.15, 0.2) is 0 Å². The van der Waals surface area contributed by atoms with Crippen molar-refractivity contribution in [1.82, 2.24) is 10.6 Å². The second-order valence-corrected chi connectivity index (χ2v) is 5.25. The number of carbonyl (C=O) groups is 2. The first-order valence-corrected chi connectivity index (χ1v) is 7.15. The Kier molecular flexibility index (Phi) is 5.14. The zero-order valence-corrected chi connectivity index (χ0v) is 11.7. The van der Waals surface area contributed by atoms with Gasteiger partial charge in [0.25, 0.3) is 0 Å². The van der Waals surface area contributed by atoms with Gasteiger partial charge in [-0.2, -0.15) is 0 Å². The quantitative estimate of drug-likeness (QED) is 0.585. The molecule has 1 heterocycles. The summed E-state index contributed by atoms with van der Waals surface area (Å²) in [5.41, 5.74) is 0. The van der Waals surface area contributed by atoms with Crippen LogP contribution in [-0.4, -0.2) is 48.3 Å². The fraction of sp³-hybridized carbons (Fsp3) is 0.714. The molecule has 1 aliphatic carbocycles. The monoisotopic (exact) mass is 282 g/mol. The van der Waals surface area contributed by atoms with Crippen molar-refractivity contribution in [3.8, 4) is 0 Å². The summed E-state index contributed by atoms with van der Waals surface area (Å²) < 4.78 is 5.65. The van der Waals surface area contributed by atoms with E-state index in [1.807, 2.05) is 13.0 Å². The lowest BCUT2D eigenvalue weighted by Gasteiger charge is -2.31. The first-order valence-electron chi connectivity index (χ1n) is 7.15. The minimum Gasteiger partial charge on any atom is -0.394 e. The molecule has 0 aromatic rings. The molecule has 1 fully saturated rings. The number of carbonyl (C=O) groups excluding carboxylic acids is 2. The number of hydrogen-bond acceptors (Lipinski definition) is 4. The largest absolute Gasteiger partial charge is 0.394 e. The molecule has 0 aromatic carbocycles. The Hall–Kier alpha value is -1.40. The van der Waals surface area contributed by atoms with Gasteiger partial charge in [0.2, 0.25) is 11.8 Å². The number of aliphatic hydroxyl groups is 1. The number of hydrogen-bond donors (Lipinski definition) is 3. The zero-order chi connectivity index (χ0) is 14.5. The van der Waals surface area contributed by atoms with Crippen LogP contribution in [0.25, 0.3) is 0 Å². The van der Waals surface area contributed by atoms with Crippen molar-refractivity contribution < 1.29 is 19.4 Å². The molecule has 2 amide bonds. The van der Waals surface area contributed by atoms with Crippen LogP contribution >= 0.6 is 0 Å². The van der Waals surface area contributed by atoms with Gasteiger partial charge in [-0.15, -0.1) is 0 Å². The summed E-state index contributed by atoms with van der Waals surface area (Å²) in [4.78, 5) is 23.2. The number of amides is 2. The summed E-state index contributed by atoms with van der Waals surface area (Å²) in [5.74, 6) is 0.0546. The molecule has 6 heteroatoms. The molecule has 0 saturated heterocycles. The fourth-order valence-electron chi connectivity index (χ4n) is 2.22. The van der Waals surface area contributed by atoms with Crippen LogP contribution in [0.3, 0.4) is 0 Å². The third-order valence-electron chi connectivity index (χ3n) is 3.48. The summed E-state index contributed by atoms with van der Waals surface area (Å²) in [6.45, 7) is 2.25. The first kappa shape index (κ1) is 15.0. The third kappa shape index (κ3) is 4.05. The van der Waals surface area contributed by atoms with Gasteiger partial charge >= 0.3 is 0 Å². The van der Waals surface area contributed by atoms with Crippen molar-refractivity contribution in [2.45, 2.75) is 44.4 Å². The first-order chi connectivity index (χ1) is 9.63. The van der Waals surface area contributed by atoms with Crippen molar-refractivity contribution in [3.05, 3.63) is 12.2 Å². The molecule has 2 aliphatic rings. The molecule has 0 aromatic heterocycles. The second-order valence-electron chi connectivity index (χ2n) is 5.25. The third-order valence-corrected chi connectivity index (χ3v) is 3.48. The van der Waals surface area contributed by atoms with E-state index in [0.717, 1.165) is 12.8 Å². The SMILES string of the molecule is CCNC(=O)C[C@H]1C=C[C@@H](NC(=O)C2CC2)[C@H](CO)O1. The zero-order valence-electron chi connectivity index (χ0n) is 11.7. The number of ether oxygens (including phenoxy) is 1. The average molecular weight is 282 g/mol. The molecule has 0 spiro atoms. The van der Waals surface area contributed by atoms with E-state index >= 15 is 0 Å². The van der Waals surface area contributed by atoms with Crippen LogP contribution in [0.15, 0.2) is 12.2 Å². The summed E-state index contributed by atoms with van der Waals surface area (Å²) in [7, 11) is 0. The smallest absolute Gasteiger partial charge is 0.223 e. The summed E-state index contributed by atoms with van der Waals surface area (Å²) in [6, 6.07) is -0.321. The molecule has 6 nitrogen and oxygen atoms in total. The Morgan fingerprint density at radius 3 is 2.70 bits per heavy atom. The Bertz CT molecular complexity index is 393. The van der Waals surface area contributed by atoms with Crippen molar-refractivity contribution >= 4 is 11.8 Å². The van der Waals surface area contributed by atoms with E-state index < -0.39 is 6.10 Å². The number of nitrogens with one attached hydrogen (secondary N) is 2. The van der Waals surface area contributed by atoms with Crippen molar-refractivity contribution in [2.75, 3.05) is 13.2 Å². The Morgan fingerprint density at radius 2 is 2.10 bits per heavy atom. The van der Waals surface area contributed by atoms with Gasteiger partial charge in [-0.05, 0) is 19.8 Å². The van der Waals surface area contributed by atoms with E-state index in [1.165, 1.54) is 0 Å². The topological polar surface area (TPSA) is 87.7 Å². The summed E-state index contributed by atoms with van der Waals surface area (Å²) in [6.07, 6.45) is 4.84. The Labute approximate surface area is 118 Å². The van der Waals surface area contributed by atoms with Gasteiger partial charge in [-0.3, -0.25) is 9.59 Å². The number of rotatable bonds is 6. The summed E-state index contributed by atoms with van der Waals surface area (Å²) >= 11 is 0. The molecule has 0 bridgehead atoms. The molecule has 3 N–H and O–H groups in total. The van der Waals surface area contributed by atoms with Gasteiger partial charge in [-0.25, -0.2) is 0 Å². The van der Waals surface area contributed by atoms with E-state index in [-0.39, 0.29) is 42.9 Å². The predicted octanol–water partition coefficient (Wildman–Crippen LogP) is -0.277. The Morgan fingerprint density at radius 1 is 1.35 bits per heavy atom. The van der Waals surface area contributed by atoms with Gasteiger partial charge < -0.3 is 20.5 Å². The van der Waals surface area contributed by atoms with Gasteiger partial charge in [0.05, 0.1) is 25.2 Å². The highest BCUT2D eigenvalue weighted by atomic mass is 16.5. The molecular formula is C14H22N2O4. The van der Waals surface area contributed by atoms with Gasteiger partial charge in [0, 0.05) is 12.5 Å². The molecular weight excluding hydrogens is 260 g/mol. The second kappa shape index (κ2) is 6.85. The van der Waals surface area contributed by atoms with Crippen molar-refractivity contribution in [3.63, 3.8) is 0 Å². The lowest BCUT2D eigenvalue weighted by atomic mass is 10.0. The molecule has 2 rings (SSSR count). The highest BCUT2D eigenvalue weighted by Gasteiger charge is 2.34. The van der Waals surface area contributed by atoms with Crippen LogP contribution in [0.5, 0.6) is 0 Å². The highest BCUT2D eigenvalue weighted by molar-refractivity contribution is 5.81. The van der Waals surface area contributed by atoms with Crippen LogP contribution in [0.2, 0.25) is 0 Å². The van der Waals surface area contributed by atoms with Crippen molar-refractivity contribution in [1.29, 1.82) is 0 Å². The van der Waals surface area contributed by atoms with E-state index in [9.17, 15) is 14.7 Å². The molecule has 20 heavy (non-hydrogen) atoms.